The van der Waals surface area contributed by atoms with E-state index in [1.165, 1.54) is 141 Å². The van der Waals surface area contributed by atoms with Crippen LogP contribution in [0.4, 0.5) is 0 Å². The average molecular weight is 1030 g/mol. The summed E-state index contributed by atoms with van der Waals surface area (Å²) in [7, 11) is 0. The van der Waals surface area contributed by atoms with Crippen molar-refractivity contribution in [3.63, 3.8) is 0 Å². The first-order valence-electron chi connectivity index (χ1n) is 28.9. The fourth-order valence-corrected chi connectivity index (χ4v) is 7.89. The van der Waals surface area contributed by atoms with E-state index in [4.69, 9.17) is 24.7 Å². The van der Waals surface area contributed by atoms with Crippen molar-refractivity contribution in [2.75, 3.05) is 92.1 Å². The molecule has 0 aliphatic carbocycles. The van der Waals surface area contributed by atoms with Crippen LogP contribution in [-0.4, -0.2) is 134 Å². The SMILES string of the molecule is CCCCCCCCCCCCCCCC(=O)NCCOCCNC(=O)CCOCCNC(=O)CC[C@H](N)C(=O)NCCOCCC(=O)NCCOCCNC(=O)CCCCCCCCCCCCCCC. The molecule has 1 atom stereocenters. The van der Waals surface area contributed by atoms with Crippen LogP contribution in [0.2, 0.25) is 0 Å². The molecule has 422 valence electrons. The molecule has 0 heterocycles. The highest BCUT2D eigenvalue weighted by Gasteiger charge is 2.15. The van der Waals surface area contributed by atoms with E-state index in [2.05, 4.69) is 45.7 Å². The van der Waals surface area contributed by atoms with Crippen LogP contribution in [0.5, 0.6) is 0 Å². The predicted molar refractivity (Wildman–Crippen MR) is 288 cm³/mol. The topological polar surface area (TPSA) is 238 Å². The van der Waals surface area contributed by atoms with Gasteiger partial charge in [0.15, 0.2) is 0 Å². The highest BCUT2D eigenvalue weighted by Crippen LogP contribution is 2.14. The molecule has 0 saturated heterocycles. The number of nitrogens with two attached hydrogens (primary N) is 1. The normalized spacial score (nSPS) is 11.5. The lowest BCUT2D eigenvalue weighted by atomic mass is 10.0. The Kier molecular flexibility index (Phi) is 52.8. The lowest BCUT2D eigenvalue weighted by Crippen LogP contribution is -2.42. The van der Waals surface area contributed by atoms with Gasteiger partial charge >= 0.3 is 0 Å². The van der Waals surface area contributed by atoms with E-state index in [0.717, 1.165) is 25.7 Å². The summed E-state index contributed by atoms with van der Waals surface area (Å²) in [6, 6.07) is -0.862. The van der Waals surface area contributed by atoms with Gasteiger partial charge in [0.2, 0.25) is 35.4 Å². The maximum absolute atomic E-state index is 12.3. The van der Waals surface area contributed by atoms with E-state index < -0.39 is 11.9 Å². The highest BCUT2D eigenvalue weighted by atomic mass is 16.5. The van der Waals surface area contributed by atoms with Crippen molar-refractivity contribution in [1.82, 2.24) is 31.9 Å². The van der Waals surface area contributed by atoms with Gasteiger partial charge in [0, 0.05) is 71.4 Å². The Morgan fingerprint density at radius 2 is 0.542 bits per heavy atom. The maximum Gasteiger partial charge on any atom is 0.237 e. The number of ether oxygens (including phenoxy) is 4. The smallest absolute Gasteiger partial charge is 0.237 e. The summed E-state index contributed by atoms with van der Waals surface area (Å²) in [5.74, 6) is -0.894. The number of rotatable bonds is 56. The molecular formula is C55H107N7O10. The first-order chi connectivity index (χ1) is 35.2. The predicted octanol–water partition coefficient (Wildman–Crippen LogP) is 7.60. The third kappa shape index (κ3) is 52.9. The number of amides is 6. The van der Waals surface area contributed by atoms with Crippen LogP contribution in [0, 0.1) is 0 Å². The molecule has 0 saturated carbocycles. The quantitative estimate of drug-likeness (QED) is 0.0293. The zero-order valence-corrected chi connectivity index (χ0v) is 45.8. The van der Waals surface area contributed by atoms with Gasteiger partial charge in [-0.05, 0) is 19.3 Å². The molecule has 0 aromatic carbocycles. The maximum atomic E-state index is 12.3. The Bertz CT molecular complexity index is 1300. The summed E-state index contributed by atoms with van der Waals surface area (Å²) >= 11 is 0. The number of carbonyl (C=O) groups is 6. The Hall–Kier alpha value is -3.38. The minimum atomic E-state index is -0.862. The van der Waals surface area contributed by atoms with Gasteiger partial charge in [-0.3, -0.25) is 28.8 Å². The molecule has 6 amide bonds. The summed E-state index contributed by atoms with van der Waals surface area (Å²) in [5, 5.41) is 16.7. The lowest BCUT2D eigenvalue weighted by Gasteiger charge is -2.12. The molecule has 0 aliphatic heterocycles. The van der Waals surface area contributed by atoms with Crippen LogP contribution in [0.25, 0.3) is 0 Å². The molecule has 0 unspecified atom stereocenters. The molecule has 0 rings (SSSR count). The fraction of sp³-hybridized carbons (Fsp3) is 0.891. The Morgan fingerprint density at radius 1 is 0.306 bits per heavy atom. The van der Waals surface area contributed by atoms with Gasteiger partial charge in [0.1, 0.15) is 0 Å². The molecule has 8 N–H and O–H groups in total. The van der Waals surface area contributed by atoms with Crippen LogP contribution in [0.3, 0.4) is 0 Å². The van der Waals surface area contributed by atoms with Gasteiger partial charge in [0.05, 0.1) is 58.9 Å². The minimum Gasteiger partial charge on any atom is -0.379 e. The molecule has 72 heavy (non-hydrogen) atoms. The molecule has 0 aliphatic rings. The number of nitrogens with one attached hydrogen (secondary N) is 6. The van der Waals surface area contributed by atoms with Crippen LogP contribution >= 0.6 is 0 Å². The van der Waals surface area contributed by atoms with E-state index in [1.807, 2.05) is 0 Å². The monoisotopic (exact) mass is 1030 g/mol. The van der Waals surface area contributed by atoms with E-state index in [9.17, 15) is 28.8 Å². The van der Waals surface area contributed by atoms with Gasteiger partial charge in [-0.1, -0.05) is 168 Å². The van der Waals surface area contributed by atoms with Gasteiger partial charge in [-0.15, -0.1) is 0 Å². The third-order valence-electron chi connectivity index (χ3n) is 12.4. The summed E-state index contributed by atoms with van der Waals surface area (Å²) in [5.41, 5.74) is 5.94. The Morgan fingerprint density at radius 3 is 0.847 bits per heavy atom. The zero-order chi connectivity index (χ0) is 52.6. The van der Waals surface area contributed by atoms with Crippen LogP contribution in [0.1, 0.15) is 219 Å². The van der Waals surface area contributed by atoms with Crippen molar-refractivity contribution >= 4 is 35.4 Å². The van der Waals surface area contributed by atoms with Crippen molar-refractivity contribution in [1.29, 1.82) is 0 Å². The summed E-state index contributed by atoms with van der Waals surface area (Å²) in [6.07, 6.45) is 34.9. The number of carbonyl (C=O) groups excluding carboxylic acids is 6. The number of unbranched alkanes of at least 4 members (excludes halogenated alkanes) is 24. The first-order valence-corrected chi connectivity index (χ1v) is 28.9. The number of hydrogen-bond donors (Lipinski definition) is 7. The molecular weight excluding hydrogens is 919 g/mol. The number of hydrogen-bond acceptors (Lipinski definition) is 11. The van der Waals surface area contributed by atoms with E-state index >= 15 is 0 Å². The zero-order valence-electron chi connectivity index (χ0n) is 45.8. The van der Waals surface area contributed by atoms with Gasteiger partial charge < -0.3 is 56.6 Å². The average Bonchev–Trinajstić information content (AvgIpc) is 3.37. The standard InChI is InChI=1S/C55H107N7O10/c1-3-5-7-9-11-13-15-17-19-21-23-25-27-29-50(63)57-36-44-71-46-38-60-53(66)33-41-69-43-35-59-52(65)32-31-49(56)55(68)62-40-48-70-42-34-54(67)61-39-47-72-45-37-58-51(64)30-28-26-24-22-20-18-16-14-12-10-8-6-4-2/h49H,3-48,56H2,1-2H3,(H,57,63)(H,58,64)(H,59,65)(H,60,66)(H,61,67)(H,62,68)/t49-/m0/s1. The summed E-state index contributed by atoms with van der Waals surface area (Å²) in [4.78, 5) is 72.7. The molecule has 17 nitrogen and oxygen atoms in total. The van der Waals surface area contributed by atoms with Crippen molar-refractivity contribution < 1.29 is 47.7 Å². The van der Waals surface area contributed by atoms with Gasteiger partial charge in [-0.25, -0.2) is 0 Å². The second-order valence-electron chi connectivity index (χ2n) is 19.1. The van der Waals surface area contributed by atoms with E-state index in [-0.39, 0.29) is 94.7 Å². The molecule has 0 bridgehead atoms. The summed E-state index contributed by atoms with van der Waals surface area (Å²) in [6.45, 7) is 8.89. The van der Waals surface area contributed by atoms with E-state index in [0.29, 0.717) is 65.4 Å². The van der Waals surface area contributed by atoms with Crippen LogP contribution in [0.15, 0.2) is 0 Å². The molecule has 0 fully saturated rings. The second-order valence-corrected chi connectivity index (χ2v) is 19.1. The Balaban J connectivity index is 3.53. The molecule has 0 radical (unpaired) electrons. The fourth-order valence-electron chi connectivity index (χ4n) is 7.89. The minimum absolute atomic E-state index is 0.0539. The van der Waals surface area contributed by atoms with Crippen molar-refractivity contribution in [2.24, 2.45) is 5.73 Å². The molecule has 17 heteroatoms. The van der Waals surface area contributed by atoms with E-state index in [1.54, 1.807) is 0 Å². The highest BCUT2D eigenvalue weighted by molar-refractivity contribution is 5.83. The van der Waals surface area contributed by atoms with Crippen LogP contribution < -0.4 is 37.6 Å². The second kappa shape index (κ2) is 55.4. The molecule has 0 spiro atoms. The van der Waals surface area contributed by atoms with Gasteiger partial charge in [0.25, 0.3) is 0 Å². The largest absolute Gasteiger partial charge is 0.379 e. The molecule has 0 aromatic rings. The van der Waals surface area contributed by atoms with Gasteiger partial charge in [-0.2, -0.15) is 0 Å². The molecule has 0 aromatic heterocycles. The lowest BCUT2D eigenvalue weighted by molar-refractivity contribution is -0.125. The third-order valence-corrected chi connectivity index (χ3v) is 12.4. The van der Waals surface area contributed by atoms with Crippen LogP contribution in [-0.2, 0) is 47.7 Å². The Labute approximate surface area is 437 Å². The first kappa shape index (κ1) is 68.6. The summed E-state index contributed by atoms with van der Waals surface area (Å²) < 4.78 is 21.9. The van der Waals surface area contributed by atoms with Crippen molar-refractivity contribution in [3.8, 4) is 0 Å². The van der Waals surface area contributed by atoms with Crippen molar-refractivity contribution in [3.05, 3.63) is 0 Å². The van der Waals surface area contributed by atoms with Crippen molar-refractivity contribution in [2.45, 2.75) is 225 Å².